The molecule has 0 bridgehead atoms. The molecule has 2 heterocycles. The van der Waals surface area contributed by atoms with Crippen molar-refractivity contribution in [1.29, 1.82) is 0 Å². The molecule has 26 heavy (non-hydrogen) atoms. The van der Waals surface area contributed by atoms with E-state index in [9.17, 15) is 9.59 Å². The molecule has 1 amide bonds. The van der Waals surface area contributed by atoms with E-state index in [0.717, 1.165) is 26.9 Å². The van der Waals surface area contributed by atoms with E-state index in [4.69, 9.17) is 0 Å². The number of hydrogen-bond acceptors (Lipinski definition) is 3. The van der Waals surface area contributed by atoms with Crippen molar-refractivity contribution in [2.24, 2.45) is 0 Å². The van der Waals surface area contributed by atoms with Gasteiger partial charge in [-0.1, -0.05) is 28.1 Å². The van der Waals surface area contributed by atoms with Crippen molar-refractivity contribution in [3.63, 3.8) is 0 Å². The molecule has 1 aliphatic rings. The second-order valence-electron chi connectivity index (χ2n) is 6.45. The third kappa shape index (κ3) is 2.77. The molecular formula is C20H17BrN2O2S. The largest absolute Gasteiger partial charge is 0.343 e. The molecule has 0 saturated carbocycles. The lowest BCUT2D eigenvalue weighted by atomic mass is 10.1. The molecule has 1 N–H and O–H groups in total. The maximum atomic E-state index is 13.0. The van der Waals surface area contributed by atoms with Crippen molar-refractivity contribution in [3.8, 4) is 0 Å². The highest BCUT2D eigenvalue weighted by molar-refractivity contribution is 9.10. The third-order valence-corrected chi connectivity index (χ3v) is 6.01. The molecule has 1 atom stereocenters. The van der Waals surface area contributed by atoms with Crippen LogP contribution in [0.5, 0.6) is 0 Å². The standard InChI is InChI=1S/C20H17BrN2O2S/c1-11-7-12-8-13(21)9-14-18(12)23(11)10-15(19(14)24)20(25)22-16-5-3-4-6-17(16)26-2/h3-6,8-11H,7H2,1-2H3,(H,22,25). The van der Waals surface area contributed by atoms with Crippen LogP contribution in [-0.2, 0) is 6.42 Å². The molecule has 6 heteroatoms. The number of aromatic nitrogens is 1. The number of carbonyl (C=O) groups is 1. The smallest absolute Gasteiger partial charge is 0.261 e. The number of carbonyl (C=O) groups excluding carboxylic acids is 1. The van der Waals surface area contributed by atoms with Gasteiger partial charge in [-0.05, 0) is 49.4 Å². The summed E-state index contributed by atoms with van der Waals surface area (Å²) in [6.07, 6.45) is 4.52. The average molecular weight is 429 g/mol. The van der Waals surface area contributed by atoms with Gasteiger partial charge in [0.15, 0.2) is 0 Å². The van der Waals surface area contributed by atoms with Gasteiger partial charge in [-0.3, -0.25) is 9.59 Å². The number of rotatable bonds is 3. The van der Waals surface area contributed by atoms with Crippen LogP contribution in [0.4, 0.5) is 5.69 Å². The summed E-state index contributed by atoms with van der Waals surface area (Å²) in [5.74, 6) is -0.372. The average Bonchev–Trinajstić information content (AvgIpc) is 2.93. The summed E-state index contributed by atoms with van der Waals surface area (Å²) in [6, 6.07) is 11.7. The minimum absolute atomic E-state index is 0.172. The van der Waals surface area contributed by atoms with Crippen LogP contribution in [0.1, 0.15) is 28.9 Å². The molecule has 4 rings (SSSR count). The molecule has 0 spiro atoms. The summed E-state index contributed by atoms with van der Waals surface area (Å²) in [5.41, 5.74) is 2.73. The number of benzene rings is 2. The number of hydrogen-bond donors (Lipinski definition) is 1. The van der Waals surface area contributed by atoms with E-state index in [2.05, 4.69) is 34.2 Å². The Hall–Kier alpha value is -2.05. The number of thioether (sulfide) groups is 1. The Morgan fingerprint density at radius 1 is 1.31 bits per heavy atom. The molecule has 2 aromatic carbocycles. The number of anilines is 1. The first-order valence-electron chi connectivity index (χ1n) is 8.31. The van der Waals surface area contributed by atoms with Crippen molar-refractivity contribution in [2.45, 2.75) is 24.3 Å². The monoisotopic (exact) mass is 428 g/mol. The second-order valence-corrected chi connectivity index (χ2v) is 8.21. The number of halogens is 1. The maximum absolute atomic E-state index is 13.0. The van der Waals surface area contributed by atoms with E-state index in [0.29, 0.717) is 11.1 Å². The SMILES string of the molecule is CSc1ccccc1NC(=O)c1cn2c3c(cc(Br)cc3c1=O)CC2C. The minimum Gasteiger partial charge on any atom is -0.343 e. The Labute approximate surface area is 163 Å². The molecule has 1 unspecified atom stereocenters. The van der Waals surface area contributed by atoms with Gasteiger partial charge in [-0.25, -0.2) is 0 Å². The number of para-hydroxylation sites is 1. The van der Waals surface area contributed by atoms with Gasteiger partial charge in [-0.2, -0.15) is 0 Å². The van der Waals surface area contributed by atoms with Gasteiger partial charge in [0.1, 0.15) is 5.56 Å². The highest BCUT2D eigenvalue weighted by Gasteiger charge is 2.25. The lowest BCUT2D eigenvalue weighted by molar-refractivity contribution is 0.102. The number of nitrogens with one attached hydrogen (secondary N) is 1. The van der Waals surface area contributed by atoms with E-state index in [1.54, 1.807) is 18.0 Å². The first kappa shape index (κ1) is 17.4. The fourth-order valence-electron chi connectivity index (χ4n) is 3.56. The Morgan fingerprint density at radius 3 is 2.85 bits per heavy atom. The zero-order valence-corrected chi connectivity index (χ0v) is 16.8. The molecule has 1 aliphatic heterocycles. The van der Waals surface area contributed by atoms with E-state index >= 15 is 0 Å². The van der Waals surface area contributed by atoms with Gasteiger partial charge in [0, 0.05) is 27.0 Å². The Bertz CT molecular complexity index is 1110. The predicted octanol–water partition coefficient (Wildman–Crippen LogP) is 4.86. The molecule has 3 aromatic rings. The van der Waals surface area contributed by atoms with Gasteiger partial charge < -0.3 is 9.88 Å². The van der Waals surface area contributed by atoms with Gasteiger partial charge in [-0.15, -0.1) is 11.8 Å². The van der Waals surface area contributed by atoms with Gasteiger partial charge in [0.2, 0.25) is 5.43 Å². The summed E-state index contributed by atoms with van der Waals surface area (Å²) in [5, 5.41) is 3.48. The fraction of sp³-hybridized carbons (Fsp3) is 0.200. The summed E-state index contributed by atoms with van der Waals surface area (Å²) in [4.78, 5) is 26.8. The van der Waals surface area contributed by atoms with Crippen LogP contribution in [0.15, 0.2) is 56.8 Å². The first-order chi connectivity index (χ1) is 12.5. The third-order valence-electron chi connectivity index (χ3n) is 4.76. The fourth-order valence-corrected chi connectivity index (χ4v) is 4.62. The summed E-state index contributed by atoms with van der Waals surface area (Å²) in [7, 11) is 0. The van der Waals surface area contributed by atoms with E-state index in [1.807, 2.05) is 41.2 Å². The topological polar surface area (TPSA) is 51.1 Å². The molecule has 132 valence electrons. The van der Waals surface area contributed by atoms with Gasteiger partial charge >= 0.3 is 0 Å². The van der Waals surface area contributed by atoms with Crippen molar-refractivity contribution >= 4 is 50.2 Å². The van der Waals surface area contributed by atoms with Gasteiger partial charge in [0.25, 0.3) is 5.91 Å². The van der Waals surface area contributed by atoms with Crippen LogP contribution in [-0.4, -0.2) is 16.7 Å². The quantitative estimate of drug-likeness (QED) is 0.606. The molecule has 0 saturated heterocycles. The Morgan fingerprint density at radius 2 is 2.08 bits per heavy atom. The minimum atomic E-state index is -0.372. The maximum Gasteiger partial charge on any atom is 0.261 e. The Balaban J connectivity index is 1.84. The predicted molar refractivity (Wildman–Crippen MR) is 110 cm³/mol. The van der Waals surface area contributed by atoms with Crippen LogP contribution >= 0.6 is 27.7 Å². The van der Waals surface area contributed by atoms with E-state index in [1.165, 1.54) is 0 Å². The van der Waals surface area contributed by atoms with Crippen molar-refractivity contribution in [3.05, 3.63) is 68.4 Å². The molecular weight excluding hydrogens is 412 g/mol. The first-order valence-corrected chi connectivity index (χ1v) is 10.3. The second kappa shape index (κ2) is 6.59. The molecule has 4 nitrogen and oxygen atoms in total. The zero-order chi connectivity index (χ0) is 18.4. The summed E-state index contributed by atoms with van der Waals surface area (Å²) in [6.45, 7) is 2.10. The highest BCUT2D eigenvalue weighted by atomic mass is 79.9. The van der Waals surface area contributed by atoms with Crippen molar-refractivity contribution in [1.82, 2.24) is 4.57 Å². The van der Waals surface area contributed by atoms with Crippen molar-refractivity contribution in [2.75, 3.05) is 11.6 Å². The van der Waals surface area contributed by atoms with Crippen molar-refractivity contribution < 1.29 is 4.79 Å². The van der Waals surface area contributed by atoms with Crippen LogP contribution in [0.25, 0.3) is 10.9 Å². The Kier molecular flexibility index (Phi) is 4.40. The zero-order valence-electron chi connectivity index (χ0n) is 14.4. The van der Waals surface area contributed by atoms with Crippen LogP contribution < -0.4 is 10.7 Å². The lowest BCUT2D eigenvalue weighted by Crippen LogP contribution is -2.24. The van der Waals surface area contributed by atoms with Crippen LogP contribution in [0.2, 0.25) is 0 Å². The lowest BCUT2D eigenvalue weighted by Gasteiger charge is -2.13. The van der Waals surface area contributed by atoms with Gasteiger partial charge in [0.05, 0.1) is 11.2 Å². The number of nitrogens with zero attached hydrogens (tertiary/aromatic N) is 1. The molecule has 0 radical (unpaired) electrons. The van der Waals surface area contributed by atoms with E-state index < -0.39 is 0 Å². The highest BCUT2D eigenvalue weighted by Crippen LogP contribution is 2.33. The summed E-state index contributed by atoms with van der Waals surface area (Å²) >= 11 is 5.04. The molecule has 1 aromatic heterocycles. The number of pyridine rings is 1. The number of amides is 1. The van der Waals surface area contributed by atoms with E-state index in [-0.39, 0.29) is 22.9 Å². The molecule has 0 fully saturated rings. The normalized spacial score (nSPS) is 15.4. The van der Waals surface area contributed by atoms with Crippen LogP contribution in [0, 0.1) is 0 Å². The van der Waals surface area contributed by atoms with Crippen LogP contribution in [0.3, 0.4) is 0 Å². The molecule has 0 aliphatic carbocycles. The summed E-state index contributed by atoms with van der Waals surface area (Å²) < 4.78 is 2.91.